The third-order valence-corrected chi connectivity index (χ3v) is 0.812. The van der Waals surface area contributed by atoms with Gasteiger partial charge in [-0.15, -0.1) is 0 Å². The van der Waals surface area contributed by atoms with Gasteiger partial charge in [-0.1, -0.05) is 0 Å². The molecule has 1 amide bonds. The van der Waals surface area contributed by atoms with E-state index < -0.39 is 5.24 Å². The summed E-state index contributed by atoms with van der Waals surface area (Å²) >= 11 is 3.76. The van der Waals surface area contributed by atoms with Gasteiger partial charge in [-0.2, -0.15) is 0 Å². The van der Waals surface area contributed by atoms with Crippen LogP contribution in [0.2, 0.25) is 0 Å². The summed E-state index contributed by atoms with van der Waals surface area (Å²) in [4.78, 5) is 21.9. The van der Waals surface area contributed by atoms with E-state index in [0.717, 1.165) is 0 Å². The summed E-state index contributed by atoms with van der Waals surface area (Å²) in [5, 5.41) is -0.750. The van der Waals surface area contributed by atoms with E-state index in [-0.39, 0.29) is 0 Å². The molecule has 0 radical (unpaired) electrons. The molecule has 0 saturated carbocycles. The molecule has 0 atom stereocenters. The van der Waals surface area contributed by atoms with Crippen LogP contribution in [0.4, 0.5) is 4.79 Å². The van der Waals surface area contributed by atoms with Crippen LogP contribution in [0.1, 0.15) is 0 Å². The number of carbonyl (C=O) groups excluding carboxylic acids is 1. The molecule has 76 valence electrons. The van der Waals surface area contributed by atoms with Gasteiger partial charge in [-0.05, 0) is 0 Å². The molecule has 0 aromatic carbocycles. The molecule has 6 nitrogen and oxygen atoms in total. The Balaban J connectivity index is 0.000000183. The highest BCUT2D eigenvalue weighted by molar-refractivity contribution is 7.76. The van der Waals surface area contributed by atoms with Crippen molar-refractivity contribution in [3.05, 3.63) is 37.4 Å². The Labute approximate surface area is 86.4 Å². The van der Waals surface area contributed by atoms with Crippen LogP contribution in [0.25, 0.3) is 0 Å². The first-order valence-electron chi connectivity index (χ1n) is 3.55. The lowest BCUT2D eigenvalue weighted by Gasteiger charge is -1.83. The van der Waals surface area contributed by atoms with Crippen LogP contribution >= 0.6 is 0 Å². The minimum atomic E-state index is -0.750. The zero-order chi connectivity index (χ0) is 10.6. The highest BCUT2D eigenvalue weighted by Gasteiger charge is 1.56. The Bertz CT molecular complexity index is 229. The lowest BCUT2D eigenvalue weighted by molar-refractivity contribution is 0.267. The van der Waals surface area contributed by atoms with E-state index in [2.05, 4.69) is 38.3 Å². The highest BCUT2D eigenvalue weighted by atomic mass is 32.1. The van der Waals surface area contributed by atoms with Crippen molar-refractivity contribution in [1.29, 1.82) is 0 Å². The molecule has 0 unspecified atom stereocenters. The Kier molecular flexibility index (Phi) is 7.96. The summed E-state index contributed by atoms with van der Waals surface area (Å²) in [5.41, 5.74) is 4.29. The van der Waals surface area contributed by atoms with E-state index in [1.807, 2.05) is 0 Å². The summed E-state index contributed by atoms with van der Waals surface area (Å²) in [6, 6.07) is 0. The Morgan fingerprint density at radius 2 is 1.50 bits per heavy atom. The van der Waals surface area contributed by atoms with Gasteiger partial charge < -0.3 is 33.1 Å². The number of nitrogens with zero attached hydrogens (tertiary/aromatic N) is 2. The molecule has 0 fully saturated rings. The van der Waals surface area contributed by atoms with Gasteiger partial charge >= 0.3 is 0 Å². The quantitative estimate of drug-likeness (QED) is 0.551. The Morgan fingerprint density at radius 1 is 1.14 bits per heavy atom. The summed E-state index contributed by atoms with van der Waals surface area (Å²) < 4.78 is 0. The standard InChI is InChI=1S/2C3H4N2.CH3NOS/c2*1-2-5-3-4-1;2-1(3)4/h2*1-3H,(H,4,5);(H3,2,3,4)/p-1. The molecule has 14 heavy (non-hydrogen) atoms. The fourth-order valence-electron chi connectivity index (χ4n) is 0.430. The monoisotopic (exact) mass is 212 g/mol. The molecule has 7 heteroatoms. The van der Waals surface area contributed by atoms with Crippen LogP contribution < -0.4 is 5.73 Å². The Hall–Kier alpha value is -1.89. The number of rotatable bonds is 0. The average Bonchev–Trinajstić information content (AvgIpc) is 2.83. The van der Waals surface area contributed by atoms with Gasteiger partial charge in [0, 0.05) is 24.8 Å². The van der Waals surface area contributed by atoms with E-state index in [9.17, 15) is 0 Å². The summed E-state index contributed by atoms with van der Waals surface area (Å²) in [6.45, 7) is 0. The van der Waals surface area contributed by atoms with Crippen LogP contribution in [0.3, 0.4) is 0 Å². The second-order valence-corrected chi connectivity index (χ2v) is 2.24. The van der Waals surface area contributed by atoms with Crippen LogP contribution in [-0.4, -0.2) is 25.2 Å². The minimum absolute atomic E-state index is 0.750. The van der Waals surface area contributed by atoms with Gasteiger partial charge in [0.25, 0.3) is 0 Å². The lowest BCUT2D eigenvalue weighted by atomic mass is 11.0. The fraction of sp³-hybridized carbons (Fsp3) is 0. The number of amides is 1. The number of aromatic nitrogens is 4. The Morgan fingerprint density at radius 3 is 1.57 bits per heavy atom. The number of nitrogens with one attached hydrogen (secondary N) is 2. The van der Waals surface area contributed by atoms with Gasteiger partial charge in [0.15, 0.2) is 0 Å². The van der Waals surface area contributed by atoms with Gasteiger partial charge in [0.05, 0.1) is 17.9 Å². The summed E-state index contributed by atoms with van der Waals surface area (Å²) in [7, 11) is 0. The molecule has 0 aliphatic rings. The van der Waals surface area contributed by atoms with Crippen molar-refractivity contribution < 1.29 is 4.79 Å². The summed E-state index contributed by atoms with van der Waals surface area (Å²) in [5.74, 6) is 0. The highest BCUT2D eigenvalue weighted by Crippen LogP contribution is 1.63. The van der Waals surface area contributed by atoms with Crippen LogP contribution in [0.5, 0.6) is 0 Å². The topological polar surface area (TPSA) is 100 Å². The number of aromatic amines is 2. The van der Waals surface area contributed by atoms with Crippen molar-refractivity contribution in [2.75, 3.05) is 0 Å². The molecule has 0 spiro atoms. The predicted octanol–water partition coefficient (Wildman–Crippen LogP) is 0.431. The largest absolute Gasteiger partial charge is 0.719 e. The molecule has 4 N–H and O–H groups in total. The van der Waals surface area contributed by atoms with Crippen molar-refractivity contribution in [2.24, 2.45) is 5.73 Å². The summed E-state index contributed by atoms with van der Waals surface area (Å²) in [6.07, 6.45) is 10.2. The average molecular weight is 212 g/mol. The van der Waals surface area contributed by atoms with Crippen LogP contribution in [0, 0.1) is 0 Å². The first-order valence-corrected chi connectivity index (χ1v) is 3.96. The molecule has 0 saturated heterocycles. The molecular formula is C7H10N5OS-. The third kappa shape index (κ3) is 12.8. The molecule has 2 aromatic rings. The van der Waals surface area contributed by atoms with Crippen molar-refractivity contribution in [3.8, 4) is 0 Å². The van der Waals surface area contributed by atoms with Gasteiger partial charge in [-0.3, -0.25) is 0 Å². The number of hydrogen-bond donors (Lipinski definition) is 3. The smallest absolute Gasteiger partial charge is 0.0954 e. The van der Waals surface area contributed by atoms with Crippen LogP contribution in [0.15, 0.2) is 37.4 Å². The maximum Gasteiger partial charge on any atom is 0.0954 e. The molecule has 2 rings (SSSR count). The number of hydrogen-bond acceptors (Lipinski definition) is 4. The van der Waals surface area contributed by atoms with Crippen molar-refractivity contribution in [1.82, 2.24) is 19.9 Å². The number of nitrogens with two attached hydrogens (primary N) is 1. The zero-order valence-electron chi connectivity index (χ0n) is 7.25. The van der Waals surface area contributed by atoms with E-state index >= 15 is 0 Å². The maximum absolute atomic E-state index is 9.04. The van der Waals surface area contributed by atoms with Crippen LogP contribution in [-0.2, 0) is 12.6 Å². The molecule has 2 aromatic heterocycles. The van der Waals surface area contributed by atoms with Gasteiger partial charge in [-0.25, -0.2) is 9.97 Å². The zero-order valence-corrected chi connectivity index (χ0v) is 8.07. The second kappa shape index (κ2) is 9.20. The number of H-pyrrole nitrogens is 2. The minimum Gasteiger partial charge on any atom is -0.719 e. The van der Waals surface area contributed by atoms with Crippen molar-refractivity contribution >= 4 is 17.9 Å². The normalized spacial score (nSPS) is 7.43. The lowest BCUT2D eigenvalue weighted by Crippen LogP contribution is -2.00. The first kappa shape index (κ1) is 12.1. The van der Waals surface area contributed by atoms with E-state index in [0.29, 0.717) is 0 Å². The molecule has 0 aliphatic carbocycles. The molecule has 2 heterocycles. The molecule has 0 aliphatic heterocycles. The van der Waals surface area contributed by atoms with E-state index in [1.54, 1.807) is 37.4 Å². The first-order chi connectivity index (χ1) is 6.73. The number of imidazole rings is 2. The predicted molar refractivity (Wildman–Crippen MR) is 54.1 cm³/mol. The molecule has 0 bridgehead atoms. The fourth-order valence-corrected chi connectivity index (χ4v) is 0.430. The second-order valence-electron chi connectivity index (χ2n) is 1.84. The van der Waals surface area contributed by atoms with Crippen molar-refractivity contribution in [2.45, 2.75) is 0 Å². The number of carbonyl (C=O) groups is 1. The van der Waals surface area contributed by atoms with Gasteiger partial charge in [0.2, 0.25) is 0 Å². The van der Waals surface area contributed by atoms with Crippen molar-refractivity contribution in [3.63, 3.8) is 0 Å². The number of primary amides is 1. The van der Waals surface area contributed by atoms with E-state index in [4.69, 9.17) is 4.79 Å². The van der Waals surface area contributed by atoms with Gasteiger partial charge in [0.1, 0.15) is 0 Å². The van der Waals surface area contributed by atoms with E-state index in [1.165, 1.54) is 0 Å². The maximum atomic E-state index is 9.04. The molecular weight excluding hydrogens is 202 g/mol. The third-order valence-electron chi connectivity index (χ3n) is 0.812. The SMILES string of the molecule is NC(=O)[S-].c1c[nH]cn1.c1c[nH]cn1.